The lowest BCUT2D eigenvalue weighted by molar-refractivity contribution is 0.647. The zero-order valence-electron chi connectivity index (χ0n) is 15.5. The van der Waals surface area contributed by atoms with Gasteiger partial charge < -0.3 is 11.1 Å². The number of rotatable bonds is 4. The van der Waals surface area contributed by atoms with Gasteiger partial charge in [0.1, 0.15) is 18.0 Å². The molecule has 0 aliphatic heterocycles. The summed E-state index contributed by atoms with van der Waals surface area (Å²) in [5.74, 6) is 0.599. The molecule has 3 heterocycles. The van der Waals surface area contributed by atoms with Crippen LogP contribution in [0.5, 0.6) is 0 Å². The Morgan fingerprint density at radius 3 is 2.72 bits per heavy atom. The van der Waals surface area contributed by atoms with Crippen LogP contribution in [-0.4, -0.2) is 19.7 Å². The molecule has 0 radical (unpaired) electrons. The topological polar surface area (TPSA) is 129 Å². The highest BCUT2D eigenvalue weighted by atomic mass is 15.3. The average Bonchev–Trinajstić information content (AvgIpc) is 3.17. The Morgan fingerprint density at radius 1 is 1.14 bits per heavy atom. The van der Waals surface area contributed by atoms with Crippen LogP contribution in [0.3, 0.4) is 0 Å². The maximum atomic E-state index is 8.98. The van der Waals surface area contributed by atoms with Crippen molar-refractivity contribution in [2.75, 3.05) is 11.1 Å². The fraction of sp³-hybridized carbons (Fsp3) is 0.0952. The SMILES string of the molecule is Cc1ccncc1-c1cc(N)c2cnc(Nc3cnn(C(C#N)C#N)c3)cc2c1. The molecule has 0 saturated heterocycles. The lowest BCUT2D eigenvalue weighted by atomic mass is 9.99. The van der Waals surface area contributed by atoms with Crippen LogP contribution in [0.25, 0.3) is 21.9 Å². The van der Waals surface area contributed by atoms with Crippen molar-refractivity contribution in [2.24, 2.45) is 0 Å². The zero-order valence-corrected chi connectivity index (χ0v) is 15.5. The number of hydrogen-bond donors (Lipinski definition) is 2. The Kier molecular flexibility index (Phi) is 4.52. The van der Waals surface area contributed by atoms with Gasteiger partial charge >= 0.3 is 0 Å². The minimum absolute atomic E-state index is 0.599. The van der Waals surface area contributed by atoms with E-state index in [9.17, 15) is 0 Å². The molecule has 1 aromatic carbocycles. The normalized spacial score (nSPS) is 10.6. The van der Waals surface area contributed by atoms with Crippen molar-refractivity contribution in [3.63, 3.8) is 0 Å². The van der Waals surface area contributed by atoms with E-state index in [0.29, 0.717) is 17.2 Å². The van der Waals surface area contributed by atoms with Gasteiger partial charge in [-0.1, -0.05) is 0 Å². The molecular weight excluding hydrogens is 364 g/mol. The Hall–Kier alpha value is -4.43. The number of pyridine rings is 2. The number of nitrogens with two attached hydrogens (primary N) is 1. The summed E-state index contributed by atoms with van der Waals surface area (Å²) in [7, 11) is 0. The predicted octanol–water partition coefficient (Wildman–Crippen LogP) is 3.72. The Morgan fingerprint density at radius 2 is 1.97 bits per heavy atom. The summed E-state index contributed by atoms with van der Waals surface area (Å²) >= 11 is 0. The molecule has 0 spiro atoms. The zero-order chi connectivity index (χ0) is 20.4. The molecule has 8 nitrogen and oxygen atoms in total. The van der Waals surface area contributed by atoms with E-state index in [4.69, 9.17) is 16.3 Å². The second-order valence-electron chi connectivity index (χ2n) is 6.54. The molecule has 0 saturated carbocycles. The Labute approximate surface area is 166 Å². The molecule has 0 aliphatic carbocycles. The summed E-state index contributed by atoms with van der Waals surface area (Å²) in [6.07, 6.45) is 8.43. The maximum Gasteiger partial charge on any atom is 0.223 e. The fourth-order valence-corrected chi connectivity index (χ4v) is 3.11. The van der Waals surface area contributed by atoms with Crippen LogP contribution in [0.1, 0.15) is 11.6 Å². The Balaban J connectivity index is 1.70. The molecule has 8 heteroatoms. The number of aromatic nitrogens is 4. The van der Waals surface area contributed by atoms with Gasteiger partial charge in [-0.05, 0) is 47.7 Å². The van der Waals surface area contributed by atoms with Gasteiger partial charge in [0.05, 0.1) is 18.1 Å². The van der Waals surface area contributed by atoms with E-state index in [0.717, 1.165) is 27.5 Å². The fourth-order valence-electron chi connectivity index (χ4n) is 3.11. The van der Waals surface area contributed by atoms with E-state index in [-0.39, 0.29) is 0 Å². The Bertz CT molecular complexity index is 1280. The van der Waals surface area contributed by atoms with E-state index >= 15 is 0 Å². The molecule has 0 aliphatic rings. The number of nitrogens with one attached hydrogen (secondary N) is 1. The third kappa shape index (κ3) is 3.43. The summed E-state index contributed by atoms with van der Waals surface area (Å²) in [6.45, 7) is 2.03. The minimum Gasteiger partial charge on any atom is -0.398 e. The van der Waals surface area contributed by atoms with Crippen LogP contribution in [0.15, 0.2) is 55.2 Å². The summed E-state index contributed by atoms with van der Waals surface area (Å²) in [4.78, 5) is 8.62. The monoisotopic (exact) mass is 380 g/mol. The van der Waals surface area contributed by atoms with Gasteiger partial charge in [0.25, 0.3) is 0 Å². The van der Waals surface area contributed by atoms with E-state index in [1.165, 1.54) is 10.9 Å². The van der Waals surface area contributed by atoms with Crippen molar-refractivity contribution >= 4 is 28.0 Å². The third-order valence-electron chi connectivity index (χ3n) is 4.60. The quantitative estimate of drug-likeness (QED) is 0.516. The number of nitrogens with zero attached hydrogens (tertiary/aromatic N) is 6. The molecular formula is C21H16N8. The maximum absolute atomic E-state index is 8.98. The highest BCUT2D eigenvalue weighted by Gasteiger charge is 2.11. The minimum atomic E-state index is -0.972. The first-order chi connectivity index (χ1) is 14.1. The molecule has 0 fully saturated rings. The summed E-state index contributed by atoms with van der Waals surface area (Å²) in [5.41, 5.74) is 10.6. The molecule has 0 amide bonds. The van der Waals surface area contributed by atoms with Crippen LogP contribution in [0.4, 0.5) is 17.2 Å². The number of nitrogen functional groups attached to an aromatic ring is 1. The molecule has 140 valence electrons. The van der Waals surface area contributed by atoms with E-state index in [2.05, 4.69) is 20.4 Å². The van der Waals surface area contributed by atoms with E-state index in [1.54, 1.807) is 18.6 Å². The van der Waals surface area contributed by atoms with Gasteiger partial charge in [-0.2, -0.15) is 15.6 Å². The van der Waals surface area contributed by atoms with Gasteiger partial charge in [-0.25, -0.2) is 9.67 Å². The van der Waals surface area contributed by atoms with Crippen molar-refractivity contribution in [3.05, 3.63) is 60.8 Å². The first-order valence-electron chi connectivity index (χ1n) is 8.79. The average molecular weight is 380 g/mol. The van der Waals surface area contributed by atoms with Crippen molar-refractivity contribution < 1.29 is 0 Å². The lowest BCUT2D eigenvalue weighted by Gasteiger charge is -2.10. The van der Waals surface area contributed by atoms with Crippen LogP contribution < -0.4 is 11.1 Å². The summed E-state index contributed by atoms with van der Waals surface area (Å²) < 4.78 is 1.30. The van der Waals surface area contributed by atoms with Crippen LogP contribution >= 0.6 is 0 Å². The molecule has 4 aromatic rings. The van der Waals surface area contributed by atoms with Crippen molar-refractivity contribution in [3.8, 4) is 23.3 Å². The van der Waals surface area contributed by atoms with E-state index < -0.39 is 6.04 Å². The molecule has 0 atom stereocenters. The number of nitriles is 2. The number of benzene rings is 1. The van der Waals surface area contributed by atoms with Gasteiger partial charge in [0, 0.05) is 35.2 Å². The first kappa shape index (κ1) is 18.0. The largest absolute Gasteiger partial charge is 0.398 e. The molecule has 3 N–H and O–H groups in total. The van der Waals surface area contributed by atoms with Gasteiger partial charge in [-0.3, -0.25) is 4.98 Å². The molecule has 0 unspecified atom stereocenters. The van der Waals surface area contributed by atoms with Crippen molar-refractivity contribution in [1.82, 2.24) is 19.7 Å². The molecule has 29 heavy (non-hydrogen) atoms. The first-order valence-corrected chi connectivity index (χ1v) is 8.79. The lowest BCUT2D eigenvalue weighted by Crippen LogP contribution is -2.04. The molecule has 4 rings (SSSR count). The molecule has 0 bridgehead atoms. The summed E-state index contributed by atoms with van der Waals surface area (Å²) in [6, 6.07) is 10.6. The number of hydrogen-bond acceptors (Lipinski definition) is 7. The van der Waals surface area contributed by atoms with Crippen molar-refractivity contribution in [2.45, 2.75) is 13.0 Å². The summed E-state index contributed by atoms with van der Waals surface area (Å²) in [5, 5.41) is 26.9. The van der Waals surface area contributed by atoms with E-state index in [1.807, 2.05) is 49.5 Å². The second-order valence-corrected chi connectivity index (χ2v) is 6.54. The highest BCUT2D eigenvalue weighted by Crippen LogP contribution is 2.31. The van der Waals surface area contributed by atoms with Gasteiger partial charge in [0.15, 0.2) is 0 Å². The molecule has 3 aromatic heterocycles. The van der Waals surface area contributed by atoms with Gasteiger partial charge in [0.2, 0.25) is 6.04 Å². The number of anilines is 3. The predicted molar refractivity (Wildman–Crippen MR) is 110 cm³/mol. The third-order valence-corrected chi connectivity index (χ3v) is 4.60. The number of fused-ring (bicyclic) bond motifs is 1. The van der Waals surface area contributed by atoms with Crippen LogP contribution in [0.2, 0.25) is 0 Å². The number of aryl methyl sites for hydroxylation is 1. The highest BCUT2D eigenvalue weighted by molar-refractivity contribution is 5.97. The second kappa shape index (κ2) is 7.29. The van der Waals surface area contributed by atoms with Crippen LogP contribution in [-0.2, 0) is 0 Å². The smallest absolute Gasteiger partial charge is 0.223 e. The standard InChI is InChI=1S/C21H16N8/c1-13-2-3-25-10-18(13)14-4-15-6-21(26-11-19(15)20(24)5-14)28-16-9-27-29(12-16)17(7-22)8-23/h2-6,9-12,17H,24H2,1H3,(H,26,28). The van der Waals surface area contributed by atoms with Crippen molar-refractivity contribution in [1.29, 1.82) is 10.5 Å². The van der Waals surface area contributed by atoms with Crippen LogP contribution in [0, 0.1) is 29.6 Å². The van der Waals surface area contributed by atoms with Gasteiger partial charge in [-0.15, -0.1) is 0 Å².